The first-order valence-corrected chi connectivity index (χ1v) is 12.0. The second-order valence-electron chi connectivity index (χ2n) is 8.31. The molecular formula is C24H22FN7OS. The number of hydrogen-bond acceptors (Lipinski definition) is 8. The fourth-order valence-electron chi connectivity index (χ4n) is 4.29. The Morgan fingerprint density at radius 2 is 2.00 bits per heavy atom. The average molecular weight is 476 g/mol. The lowest BCUT2D eigenvalue weighted by Gasteiger charge is -2.25. The maximum Gasteiger partial charge on any atom is 0.166 e. The molecule has 8 nitrogen and oxygen atoms in total. The predicted molar refractivity (Wildman–Crippen MR) is 131 cm³/mol. The van der Waals surface area contributed by atoms with Gasteiger partial charge in [-0.1, -0.05) is 0 Å². The van der Waals surface area contributed by atoms with Crippen molar-refractivity contribution in [3.63, 3.8) is 0 Å². The van der Waals surface area contributed by atoms with Gasteiger partial charge in [-0.15, -0.1) is 11.3 Å². The number of piperidine rings is 1. The smallest absolute Gasteiger partial charge is 0.166 e. The second kappa shape index (κ2) is 8.62. The molecule has 0 atom stereocenters. The van der Waals surface area contributed by atoms with E-state index in [1.807, 2.05) is 31.6 Å². The molecule has 10 heteroatoms. The van der Waals surface area contributed by atoms with Crippen molar-refractivity contribution in [2.24, 2.45) is 7.05 Å². The summed E-state index contributed by atoms with van der Waals surface area (Å²) in [6.45, 7) is 1.82. The van der Waals surface area contributed by atoms with Gasteiger partial charge in [0.05, 0.1) is 38.5 Å². The number of aryl methyl sites for hydroxylation is 1. The molecular weight excluding hydrogens is 453 g/mol. The van der Waals surface area contributed by atoms with Crippen LogP contribution in [0.2, 0.25) is 0 Å². The number of aromatic nitrogens is 5. The second-order valence-corrected chi connectivity index (χ2v) is 9.17. The Hall–Kier alpha value is -3.63. The van der Waals surface area contributed by atoms with E-state index in [1.54, 1.807) is 22.3 Å². The van der Waals surface area contributed by atoms with Gasteiger partial charge in [0, 0.05) is 18.8 Å². The van der Waals surface area contributed by atoms with Gasteiger partial charge >= 0.3 is 0 Å². The summed E-state index contributed by atoms with van der Waals surface area (Å²) in [5.41, 5.74) is 5.24. The minimum absolute atomic E-state index is 0.0759. The van der Waals surface area contributed by atoms with Gasteiger partial charge in [-0.2, -0.15) is 5.10 Å². The van der Waals surface area contributed by atoms with Crippen molar-refractivity contribution in [3.8, 4) is 16.9 Å². The summed E-state index contributed by atoms with van der Waals surface area (Å²) in [7, 11) is 1.88. The number of fused-ring (bicyclic) bond motifs is 2. The summed E-state index contributed by atoms with van der Waals surface area (Å²) in [5.74, 6) is 0.819. The van der Waals surface area contributed by atoms with Crippen LogP contribution in [0.5, 0.6) is 5.75 Å². The zero-order valence-electron chi connectivity index (χ0n) is 18.5. The van der Waals surface area contributed by atoms with Gasteiger partial charge in [0.2, 0.25) is 0 Å². The molecule has 1 fully saturated rings. The number of halogens is 1. The van der Waals surface area contributed by atoms with Crippen molar-refractivity contribution in [2.45, 2.75) is 18.9 Å². The van der Waals surface area contributed by atoms with Crippen LogP contribution in [0.4, 0.5) is 15.9 Å². The molecule has 0 bridgehead atoms. The van der Waals surface area contributed by atoms with Crippen LogP contribution in [0, 0.1) is 5.82 Å². The van der Waals surface area contributed by atoms with Gasteiger partial charge in [-0.25, -0.2) is 19.3 Å². The maximum atomic E-state index is 15.2. The van der Waals surface area contributed by atoms with E-state index in [9.17, 15) is 0 Å². The highest BCUT2D eigenvalue weighted by atomic mass is 32.1. The van der Waals surface area contributed by atoms with Crippen molar-refractivity contribution in [1.82, 2.24) is 30.0 Å². The van der Waals surface area contributed by atoms with Gasteiger partial charge in [-0.05, 0) is 55.8 Å². The summed E-state index contributed by atoms with van der Waals surface area (Å²) in [6.07, 6.45) is 7.14. The number of nitrogens with zero attached hydrogens (tertiary/aromatic N) is 5. The number of nitrogens with one attached hydrogen (secondary N) is 2. The van der Waals surface area contributed by atoms with E-state index in [2.05, 4.69) is 30.7 Å². The fraction of sp³-hybridized carbons (Fsp3) is 0.250. The quantitative estimate of drug-likeness (QED) is 0.382. The topological polar surface area (TPSA) is 89.8 Å². The first-order valence-electron chi connectivity index (χ1n) is 11.1. The van der Waals surface area contributed by atoms with Crippen LogP contribution in [-0.4, -0.2) is 43.9 Å². The Morgan fingerprint density at radius 1 is 1.12 bits per heavy atom. The maximum absolute atomic E-state index is 15.2. The normalized spacial score (nSPS) is 14.6. The number of ether oxygens (including phenoxy) is 1. The Kier molecular flexibility index (Phi) is 5.31. The summed E-state index contributed by atoms with van der Waals surface area (Å²) in [5, 5.41) is 11.6. The summed E-state index contributed by atoms with van der Waals surface area (Å²) >= 11 is 1.27. The highest BCUT2D eigenvalue weighted by Crippen LogP contribution is 2.38. The molecule has 0 unspecified atom stereocenters. The molecule has 2 N–H and O–H groups in total. The lowest BCUT2D eigenvalue weighted by molar-refractivity contribution is 0.164. The molecule has 34 heavy (non-hydrogen) atoms. The number of anilines is 2. The first kappa shape index (κ1) is 20.9. The molecule has 4 heterocycles. The molecule has 1 aliphatic rings. The third kappa shape index (κ3) is 3.84. The van der Waals surface area contributed by atoms with Crippen molar-refractivity contribution in [2.75, 3.05) is 18.4 Å². The predicted octanol–water partition coefficient (Wildman–Crippen LogP) is 4.65. The van der Waals surface area contributed by atoms with E-state index in [0.29, 0.717) is 33.0 Å². The first-order chi connectivity index (χ1) is 16.7. The number of thiazole rings is 1. The zero-order chi connectivity index (χ0) is 23.1. The molecule has 0 spiro atoms. The summed E-state index contributed by atoms with van der Waals surface area (Å²) in [6, 6.07) is 7.46. The third-order valence-corrected chi connectivity index (χ3v) is 6.85. The molecule has 0 aliphatic carbocycles. The Balaban J connectivity index is 1.48. The molecule has 1 saturated heterocycles. The van der Waals surface area contributed by atoms with E-state index < -0.39 is 0 Å². The zero-order valence-corrected chi connectivity index (χ0v) is 19.3. The van der Waals surface area contributed by atoms with E-state index in [4.69, 9.17) is 4.74 Å². The van der Waals surface area contributed by atoms with Crippen LogP contribution in [0.15, 0.2) is 48.5 Å². The largest absolute Gasteiger partial charge is 0.489 e. The molecule has 6 rings (SSSR count). The van der Waals surface area contributed by atoms with Crippen molar-refractivity contribution in [3.05, 3.63) is 54.3 Å². The van der Waals surface area contributed by atoms with Crippen LogP contribution >= 0.6 is 11.3 Å². The molecule has 5 aromatic rings. The van der Waals surface area contributed by atoms with E-state index in [-0.39, 0.29) is 11.9 Å². The molecule has 0 radical (unpaired) electrons. The van der Waals surface area contributed by atoms with Crippen LogP contribution in [0.25, 0.3) is 32.2 Å². The fourth-order valence-corrected chi connectivity index (χ4v) is 5.02. The molecule has 172 valence electrons. The Bertz CT molecular complexity index is 1490. The Morgan fingerprint density at radius 3 is 2.82 bits per heavy atom. The van der Waals surface area contributed by atoms with Crippen molar-refractivity contribution < 1.29 is 9.13 Å². The molecule has 3 aromatic heterocycles. The third-order valence-electron chi connectivity index (χ3n) is 6.01. The SMILES string of the molecule is Cn1cc(-c2cc(OC3CCNCC3)c3c(Nc4ccc5ncsc5c4F)ncnc3c2)cn1. The Labute approximate surface area is 198 Å². The minimum Gasteiger partial charge on any atom is -0.489 e. The van der Waals surface area contributed by atoms with Crippen LogP contribution in [0.1, 0.15) is 12.8 Å². The molecule has 0 amide bonds. The molecule has 0 saturated carbocycles. The van der Waals surface area contributed by atoms with Crippen molar-refractivity contribution in [1.29, 1.82) is 0 Å². The van der Waals surface area contributed by atoms with Gasteiger partial charge in [0.15, 0.2) is 5.82 Å². The standard InChI is InChI=1S/C24H22FN7OS/c1-32-11-15(10-30-32)14-8-19-21(20(9-14)33-16-4-6-26-7-5-16)24(28-12-27-19)31-17-2-3-18-23(22(17)25)34-13-29-18/h2-3,8-13,16,26H,4-7H2,1H3,(H,27,28,31). The van der Waals surface area contributed by atoms with Crippen LogP contribution in [-0.2, 0) is 7.05 Å². The highest BCUT2D eigenvalue weighted by molar-refractivity contribution is 7.16. The van der Waals surface area contributed by atoms with Gasteiger partial charge in [0.1, 0.15) is 24.0 Å². The monoisotopic (exact) mass is 475 g/mol. The van der Waals surface area contributed by atoms with E-state index >= 15 is 4.39 Å². The molecule has 1 aliphatic heterocycles. The van der Waals surface area contributed by atoms with Crippen LogP contribution in [0.3, 0.4) is 0 Å². The average Bonchev–Trinajstić information content (AvgIpc) is 3.51. The number of hydrogen-bond donors (Lipinski definition) is 2. The van der Waals surface area contributed by atoms with Gasteiger partial charge in [-0.3, -0.25) is 4.68 Å². The van der Waals surface area contributed by atoms with E-state index in [0.717, 1.165) is 42.4 Å². The van der Waals surface area contributed by atoms with Crippen molar-refractivity contribution >= 4 is 44.0 Å². The van der Waals surface area contributed by atoms with Crippen LogP contribution < -0.4 is 15.4 Å². The van der Waals surface area contributed by atoms with Gasteiger partial charge < -0.3 is 15.4 Å². The summed E-state index contributed by atoms with van der Waals surface area (Å²) < 4.78 is 24.0. The highest BCUT2D eigenvalue weighted by Gasteiger charge is 2.20. The van der Waals surface area contributed by atoms with Gasteiger partial charge in [0.25, 0.3) is 0 Å². The van der Waals surface area contributed by atoms with E-state index in [1.165, 1.54) is 17.7 Å². The molecule has 2 aromatic carbocycles. The minimum atomic E-state index is -0.348. The number of rotatable bonds is 5. The lowest BCUT2D eigenvalue weighted by Crippen LogP contribution is -2.34. The summed E-state index contributed by atoms with van der Waals surface area (Å²) in [4.78, 5) is 13.2. The lowest BCUT2D eigenvalue weighted by atomic mass is 10.0. The number of benzene rings is 2.